The Balaban J connectivity index is 1.65. The molecule has 0 aliphatic heterocycles. The van der Waals surface area contributed by atoms with Crippen LogP contribution < -0.4 is 19.1 Å². The van der Waals surface area contributed by atoms with Crippen molar-refractivity contribution >= 4 is 31.6 Å². The van der Waals surface area contributed by atoms with E-state index in [0.717, 1.165) is 8.61 Å². The molecule has 12 heteroatoms. The largest absolute Gasteiger partial charge is 0.497 e. The minimum atomic E-state index is -4.04. The van der Waals surface area contributed by atoms with Crippen molar-refractivity contribution in [1.29, 1.82) is 0 Å². The summed E-state index contributed by atoms with van der Waals surface area (Å²) in [6, 6.07) is 20.2. The van der Waals surface area contributed by atoms with E-state index in [2.05, 4.69) is 5.32 Å². The third-order valence-corrected chi connectivity index (χ3v) is 8.87. The van der Waals surface area contributed by atoms with Crippen LogP contribution in [0.5, 0.6) is 11.5 Å². The van der Waals surface area contributed by atoms with Crippen molar-refractivity contribution in [3.63, 3.8) is 0 Å². The highest BCUT2D eigenvalue weighted by atomic mass is 32.2. The molecule has 0 aliphatic carbocycles. The van der Waals surface area contributed by atoms with Gasteiger partial charge in [-0.15, -0.1) is 0 Å². The van der Waals surface area contributed by atoms with E-state index >= 15 is 0 Å². The smallest absolute Gasteiger partial charge is 0.264 e. The number of nitrogens with one attached hydrogen (secondary N) is 1. The van der Waals surface area contributed by atoms with E-state index in [1.54, 1.807) is 36.4 Å². The zero-order valence-electron chi connectivity index (χ0n) is 20.7. The lowest BCUT2D eigenvalue weighted by Crippen LogP contribution is -2.41. The normalized spacial score (nSPS) is 11.7. The number of amides is 1. The minimum Gasteiger partial charge on any atom is -0.497 e. The van der Waals surface area contributed by atoms with E-state index < -0.39 is 32.5 Å². The van der Waals surface area contributed by atoms with Crippen molar-refractivity contribution in [3.8, 4) is 11.5 Å². The maximum atomic E-state index is 13.4. The fourth-order valence-electron chi connectivity index (χ4n) is 3.26. The first-order chi connectivity index (χ1) is 17.6. The number of benzene rings is 3. The predicted molar refractivity (Wildman–Crippen MR) is 140 cm³/mol. The second-order valence-corrected chi connectivity index (χ2v) is 12.0. The molecule has 37 heavy (non-hydrogen) atoms. The van der Waals surface area contributed by atoms with Crippen molar-refractivity contribution in [2.24, 2.45) is 0 Å². The Morgan fingerprint density at radius 1 is 0.811 bits per heavy atom. The lowest BCUT2D eigenvalue weighted by atomic mass is 10.3. The van der Waals surface area contributed by atoms with Gasteiger partial charge in [0.1, 0.15) is 24.7 Å². The number of sulfonamides is 2. The van der Waals surface area contributed by atoms with Crippen LogP contribution in [0.2, 0.25) is 0 Å². The van der Waals surface area contributed by atoms with Crippen molar-refractivity contribution in [3.05, 3.63) is 78.9 Å². The van der Waals surface area contributed by atoms with Gasteiger partial charge < -0.3 is 14.8 Å². The molecular formula is C25H29N3O7S2. The monoisotopic (exact) mass is 547 g/mol. The molecule has 0 aromatic heterocycles. The Morgan fingerprint density at radius 2 is 1.46 bits per heavy atom. The third-order valence-electron chi connectivity index (χ3n) is 5.25. The fourth-order valence-corrected chi connectivity index (χ4v) is 5.60. The van der Waals surface area contributed by atoms with Gasteiger partial charge in [0.15, 0.2) is 0 Å². The standard InChI is InChI=1S/C25H29N3O7S2/c1-27(2)36(30,31)24-14-12-21(13-15-24)35-17-16-26-25(29)19-28(20-8-7-9-22(18-20)34-3)37(32,33)23-10-5-4-6-11-23/h4-15,18H,16-17,19H2,1-3H3,(H,26,29). The second-order valence-electron chi connectivity index (χ2n) is 7.98. The van der Waals surface area contributed by atoms with Gasteiger partial charge in [0, 0.05) is 20.2 Å². The van der Waals surface area contributed by atoms with Gasteiger partial charge in [-0.1, -0.05) is 24.3 Å². The molecular weight excluding hydrogens is 518 g/mol. The Kier molecular flexibility index (Phi) is 9.14. The van der Waals surface area contributed by atoms with Gasteiger partial charge in [0.2, 0.25) is 15.9 Å². The maximum absolute atomic E-state index is 13.4. The summed E-state index contributed by atoms with van der Waals surface area (Å²) in [4.78, 5) is 12.9. The van der Waals surface area contributed by atoms with Crippen LogP contribution in [0.15, 0.2) is 88.7 Å². The molecule has 0 heterocycles. The Labute approximate surface area is 217 Å². The summed E-state index contributed by atoms with van der Waals surface area (Å²) < 4.78 is 63.9. The molecule has 3 rings (SSSR count). The van der Waals surface area contributed by atoms with Crippen LogP contribution in [-0.4, -0.2) is 67.9 Å². The first kappa shape index (κ1) is 28.0. The summed E-state index contributed by atoms with van der Waals surface area (Å²) in [7, 11) is -3.22. The van der Waals surface area contributed by atoms with Crippen LogP contribution in [0.3, 0.4) is 0 Å². The SMILES string of the molecule is COc1cccc(N(CC(=O)NCCOc2ccc(S(=O)(=O)N(C)C)cc2)S(=O)(=O)c2ccccc2)c1. The number of hydrogen-bond donors (Lipinski definition) is 1. The lowest BCUT2D eigenvalue weighted by molar-refractivity contribution is -0.119. The van der Waals surface area contributed by atoms with Crippen LogP contribution in [0.4, 0.5) is 5.69 Å². The molecule has 0 atom stereocenters. The molecule has 0 bridgehead atoms. The summed E-state index contributed by atoms with van der Waals surface area (Å²) in [5.41, 5.74) is 0.280. The highest BCUT2D eigenvalue weighted by Crippen LogP contribution is 2.26. The number of carbonyl (C=O) groups is 1. The van der Waals surface area contributed by atoms with E-state index in [1.165, 1.54) is 63.7 Å². The number of ether oxygens (including phenoxy) is 2. The number of carbonyl (C=O) groups excluding carboxylic acids is 1. The van der Waals surface area contributed by atoms with Gasteiger partial charge in [0.25, 0.3) is 10.0 Å². The molecule has 0 radical (unpaired) electrons. The molecule has 0 saturated carbocycles. The molecule has 0 spiro atoms. The number of rotatable bonds is 12. The topological polar surface area (TPSA) is 122 Å². The molecule has 0 aliphatic rings. The number of methoxy groups -OCH3 is 1. The van der Waals surface area contributed by atoms with E-state index in [9.17, 15) is 21.6 Å². The van der Waals surface area contributed by atoms with Crippen molar-refractivity contribution in [1.82, 2.24) is 9.62 Å². The van der Waals surface area contributed by atoms with Crippen LogP contribution in [0.1, 0.15) is 0 Å². The summed E-state index contributed by atoms with van der Waals surface area (Å²) in [5, 5.41) is 2.65. The highest BCUT2D eigenvalue weighted by Gasteiger charge is 2.27. The van der Waals surface area contributed by atoms with Crippen LogP contribution >= 0.6 is 0 Å². The molecule has 198 valence electrons. The molecule has 3 aromatic rings. The van der Waals surface area contributed by atoms with Gasteiger partial charge in [0.05, 0.1) is 29.1 Å². The Bertz CT molecular complexity index is 1410. The van der Waals surface area contributed by atoms with E-state index in [0.29, 0.717) is 11.5 Å². The number of nitrogens with zero attached hydrogens (tertiary/aromatic N) is 2. The summed E-state index contributed by atoms with van der Waals surface area (Å²) in [6.07, 6.45) is 0. The predicted octanol–water partition coefficient (Wildman–Crippen LogP) is 2.34. The van der Waals surface area contributed by atoms with Gasteiger partial charge >= 0.3 is 0 Å². The molecule has 0 fully saturated rings. The molecule has 3 aromatic carbocycles. The van der Waals surface area contributed by atoms with E-state index in [1.807, 2.05) is 0 Å². The van der Waals surface area contributed by atoms with E-state index in [4.69, 9.17) is 9.47 Å². The average Bonchev–Trinajstić information content (AvgIpc) is 2.90. The number of anilines is 1. The fraction of sp³-hybridized carbons (Fsp3) is 0.240. The Morgan fingerprint density at radius 3 is 2.08 bits per heavy atom. The summed E-state index contributed by atoms with van der Waals surface area (Å²) in [6.45, 7) is -0.258. The summed E-state index contributed by atoms with van der Waals surface area (Å²) in [5.74, 6) is 0.346. The van der Waals surface area contributed by atoms with Gasteiger partial charge in [-0.05, 0) is 48.5 Å². The lowest BCUT2D eigenvalue weighted by Gasteiger charge is -2.24. The first-order valence-corrected chi connectivity index (χ1v) is 14.1. The van der Waals surface area contributed by atoms with Gasteiger partial charge in [-0.2, -0.15) is 0 Å². The van der Waals surface area contributed by atoms with Crippen LogP contribution in [0.25, 0.3) is 0 Å². The quantitative estimate of drug-likeness (QED) is 0.345. The van der Waals surface area contributed by atoms with Gasteiger partial charge in [-0.3, -0.25) is 9.10 Å². The number of hydrogen-bond acceptors (Lipinski definition) is 7. The zero-order valence-corrected chi connectivity index (χ0v) is 22.3. The molecule has 0 unspecified atom stereocenters. The maximum Gasteiger partial charge on any atom is 0.264 e. The van der Waals surface area contributed by atoms with E-state index in [-0.39, 0.29) is 28.6 Å². The zero-order chi connectivity index (χ0) is 27.1. The van der Waals surface area contributed by atoms with Gasteiger partial charge in [-0.25, -0.2) is 21.1 Å². The molecule has 1 N–H and O–H groups in total. The average molecular weight is 548 g/mol. The van der Waals surface area contributed by atoms with Crippen molar-refractivity contribution < 1.29 is 31.1 Å². The Hall–Kier alpha value is -3.61. The minimum absolute atomic E-state index is 0.0497. The van der Waals surface area contributed by atoms with Crippen LogP contribution in [-0.2, 0) is 24.8 Å². The molecule has 1 amide bonds. The summed E-state index contributed by atoms with van der Waals surface area (Å²) >= 11 is 0. The van der Waals surface area contributed by atoms with Crippen molar-refractivity contribution in [2.75, 3.05) is 45.2 Å². The van der Waals surface area contributed by atoms with Crippen LogP contribution in [0, 0.1) is 0 Å². The second kappa shape index (κ2) is 12.1. The first-order valence-electron chi connectivity index (χ1n) is 11.2. The van der Waals surface area contributed by atoms with Crippen molar-refractivity contribution in [2.45, 2.75) is 9.79 Å². The molecule has 0 saturated heterocycles. The third kappa shape index (κ3) is 7.00. The highest BCUT2D eigenvalue weighted by molar-refractivity contribution is 7.92. The molecule has 10 nitrogen and oxygen atoms in total.